The van der Waals surface area contributed by atoms with Gasteiger partial charge in [-0.15, -0.1) is 0 Å². The summed E-state index contributed by atoms with van der Waals surface area (Å²) < 4.78 is 1.85. The zero-order valence-corrected chi connectivity index (χ0v) is 7.88. The third kappa shape index (κ3) is 1.23. The lowest BCUT2D eigenvalue weighted by molar-refractivity contribution is 0.111. The standard InChI is InChI=1S/C10H8ClNO/c1-12-9(6-13)5-7-4-8(11)2-3-10(7)12/h2-6H,1H3. The minimum absolute atomic E-state index is 0.664. The molecule has 0 aliphatic rings. The Morgan fingerprint density at radius 2 is 2.15 bits per heavy atom. The molecule has 0 radical (unpaired) electrons. The van der Waals surface area contributed by atoms with Crippen molar-refractivity contribution in [3.05, 3.63) is 35.0 Å². The fourth-order valence-corrected chi connectivity index (χ4v) is 1.64. The number of fused-ring (bicyclic) bond motifs is 1. The van der Waals surface area contributed by atoms with Crippen LogP contribution in [0.5, 0.6) is 0 Å². The number of hydrogen-bond donors (Lipinski definition) is 0. The number of carbonyl (C=O) groups excluding carboxylic acids is 1. The number of rotatable bonds is 1. The first-order chi connectivity index (χ1) is 6.22. The Labute approximate surface area is 80.7 Å². The second kappa shape index (κ2) is 2.89. The molecule has 2 rings (SSSR count). The van der Waals surface area contributed by atoms with E-state index in [1.165, 1.54) is 0 Å². The summed E-state index contributed by atoms with van der Waals surface area (Å²) in [6.45, 7) is 0. The van der Waals surface area contributed by atoms with Gasteiger partial charge in [-0.2, -0.15) is 0 Å². The van der Waals surface area contributed by atoms with Crippen molar-refractivity contribution in [2.24, 2.45) is 7.05 Å². The van der Waals surface area contributed by atoms with Gasteiger partial charge in [0.25, 0.3) is 0 Å². The monoisotopic (exact) mass is 193 g/mol. The van der Waals surface area contributed by atoms with E-state index >= 15 is 0 Å². The van der Waals surface area contributed by atoms with Crippen molar-refractivity contribution in [2.45, 2.75) is 0 Å². The zero-order valence-electron chi connectivity index (χ0n) is 7.12. The van der Waals surface area contributed by atoms with Gasteiger partial charge in [-0.25, -0.2) is 0 Å². The van der Waals surface area contributed by atoms with Crippen molar-refractivity contribution < 1.29 is 4.79 Å². The van der Waals surface area contributed by atoms with Crippen LogP contribution in [0.15, 0.2) is 24.3 Å². The maximum absolute atomic E-state index is 10.6. The minimum atomic E-state index is 0.664. The summed E-state index contributed by atoms with van der Waals surface area (Å²) >= 11 is 5.83. The zero-order chi connectivity index (χ0) is 9.42. The van der Waals surface area contributed by atoms with Gasteiger partial charge in [-0.05, 0) is 24.3 Å². The van der Waals surface area contributed by atoms with Crippen molar-refractivity contribution in [2.75, 3.05) is 0 Å². The molecular weight excluding hydrogens is 186 g/mol. The molecule has 0 unspecified atom stereocenters. The SMILES string of the molecule is Cn1c(C=O)cc2cc(Cl)ccc21. The average Bonchev–Trinajstić information content (AvgIpc) is 2.42. The summed E-state index contributed by atoms with van der Waals surface area (Å²) in [5.41, 5.74) is 1.68. The number of nitrogens with zero attached hydrogens (tertiary/aromatic N) is 1. The van der Waals surface area contributed by atoms with E-state index in [-0.39, 0.29) is 0 Å². The summed E-state index contributed by atoms with van der Waals surface area (Å²) in [6, 6.07) is 7.40. The van der Waals surface area contributed by atoms with Crippen LogP contribution >= 0.6 is 11.6 Å². The second-order valence-corrected chi connectivity index (χ2v) is 3.39. The number of carbonyl (C=O) groups is 1. The highest BCUT2D eigenvalue weighted by Crippen LogP contribution is 2.21. The van der Waals surface area contributed by atoms with Crippen LogP contribution in [0.1, 0.15) is 10.5 Å². The molecule has 1 aromatic carbocycles. The average molecular weight is 194 g/mol. The van der Waals surface area contributed by atoms with Gasteiger partial charge in [0.05, 0.1) is 5.69 Å². The minimum Gasteiger partial charge on any atom is -0.341 e. The van der Waals surface area contributed by atoms with Gasteiger partial charge in [0.1, 0.15) is 0 Å². The van der Waals surface area contributed by atoms with E-state index in [1.54, 1.807) is 0 Å². The lowest BCUT2D eigenvalue weighted by Gasteiger charge is -1.97. The molecule has 0 aliphatic carbocycles. The van der Waals surface area contributed by atoms with Crippen LogP contribution in [0.2, 0.25) is 5.02 Å². The molecule has 0 fully saturated rings. The molecule has 66 valence electrons. The maximum atomic E-state index is 10.6. The third-order valence-corrected chi connectivity index (χ3v) is 2.40. The van der Waals surface area contributed by atoms with Crippen molar-refractivity contribution >= 4 is 28.8 Å². The fourth-order valence-electron chi connectivity index (χ4n) is 1.45. The lowest BCUT2D eigenvalue weighted by atomic mass is 10.2. The number of halogens is 1. The Morgan fingerprint density at radius 3 is 2.85 bits per heavy atom. The van der Waals surface area contributed by atoms with Gasteiger partial charge in [0.15, 0.2) is 6.29 Å². The number of aromatic nitrogens is 1. The van der Waals surface area contributed by atoms with Crippen LogP contribution < -0.4 is 0 Å². The molecule has 0 spiro atoms. The predicted molar refractivity (Wildman–Crippen MR) is 53.3 cm³/mol. The van der Waals surface area contributed by atoms with Gasteiger partial charge < -0.3 is 4.57 Å². The molecule has 0 saturated heterocycles. The molecule has 2 aromatic rings. The molecule has 0 bridgehead atoms. The van der Waals surface area contributed by atoms with Crippen molar-refractivity contribution in [3.8, 4) is 0 Å². The maximum Gasteiger partial charge on any atom is 0.166 e. The van der Waals surface area contributed by atoms with Crippen molar-refractivity contribution in [1.82, 2.24) is 4.57 Å². The summed E-state index contributed by atoms with van der Waals surface area (Å²) in [5, 5.41) is 1.69. The first-order valence-electron chi connectivity index (χ1n) is 3.92. The van der Waals surface area contributed by atoms with Crippen LogP contribution in [-0.2, 0) is 7.05 Å². The van der Waals surface area contributed by atoms with Crippen LogP contribution in [0.3, 0.4) is 0 Å². The molecule has 0 saturated carbocycles. The first kappa shape index (κ1) is 8.32. The molecular formula is C10H8ClNO. The highest BCUT2D eigenvalue weighted by Gasteiger charge is 2.04. The highest BCUT2D eigenvalue weighted by atomic mass is 35.5. The van der Waals surface area contributed by atoms with Gasteiger partial charge in [0, 0.05) is 23.0 Å². The van der Waals surface area contributed by atoms with E-state index in [1.807, 2.05) is 35.9 Å². The molecule has 0 N–H and O–H groups in total. The van der Waals surface area contributed by atoms with Gasteiger partial charge >= 0.3 is 0 Å². The largest absolute Gasteiger partial charge is 0.341 e. The molecule has 3 heteroatoms. The van der Waals surface area contributed by atoms with Crippen LogP contribution in [0.4, 0.5) is 0 Å². The van der Waals surface area contributed by atoms with E-state index in [0.717, 1.165) is 17.2 Å². The van der Waals surface area contributed by atoms with Gasteiger partial charge in [-0.3, -0.25) is 4.79 Å². The number of aryl methyl sites for hydroxylation is 1. The van der Waals surface area contributed by atoms with Crippen LogP contribution in [0, 0.1) is 0 Å². The van der Waals surface area contributed by atoms with Gasteiger partial charge in [-0.1, -0.05) is 11.6 Å². The second-order valence-electron chi connectivity index (χ2n) is 2.95. The number of hydrogen-bond acceptors (Lipinski definition) is 1. The molecule has 0 amide bonds. The summed E-state index contributed by atoms with van der Waals surface area (Å²) in [6.07, 6.45) is 0.841. The summed E-state index contributed by atoms with van der Waals surface area (Å²) in [5.74, 6) is 0. The number of benzene rings is 1. The Kier molecular flexibility index (Phi) is 1.85. The third-order valence-electron chi connectivity index (χ3n) is 2.16. The quantitative estimate of drug-likeness (QED) is 0.639. The van der Waals surface area contributed by atoms with E-state index < -0.39 is 0 Å². The fraction of sp³-hybridized carbons (Fsp3) is 0.100. The normalized spacial score (nSPS) is 10.6. The van der Waals surface area contributed by atoms with E-state index in [4.69, 9.17) is 11.6 Å². The van der Waals surface area contributed by atoms with Crippen LogP contribution in [0.25, 0.3) is 10.9 Å². The Hall–Kier alpha value is -1.28. The van der Waals surface area contributed by atoms with E-state index in [0.29, 0.717) is 10.7 Å². The van der Waals surface area contributed by atoms with E-state index in [2.05, 4.69) is 0 Å². The molecule has 1 aromatic heterocycles. The van der Waals surface area contributed by atoms with Crippen molar-refractivity contribution in [3.63, 3.8) is 0 Å². The molecule has 0 aliphatic heterocycles. The number of aldehydes is 1. The Morgan fingerprint density at radius 1 is 1.38 bits per heavy atom. The summed E-state index contributed by atoms with van der Waals surface area (Å²) in [4.78, 5) is 10.6. The Balaban J connectivity index is 2.83. The highest BCUT2D eigenvalue weighted by molar-refractivity contribution is 6.31. The van der Waals surface area contributed by atoms with Crippen molar-refractivity contribution in [1.29, 1.82) is 0 Å². The molecule has 13 heavy (non-hydrogen) atoms. The molecule has 1 heterocycles. The Bertz CT molecular complexity index is 473. The summed E-state index contributed by atoms with van der Waals surface area (Å²) in [7, 11) is 1.86. The smallest absolute Gasteiger partial charge is 0.166 e. The predicted octanol–water partition coefficient (Wildman–Crippen LogP) is 2.64. The molecule has 0 atom stereocenters. The van der Waals surface area contributed by atoms with Crippen LogP contribution in [-0.4, -0.2) is 10.9 Å². The lowest BCUT2D eigenvalue weighted by Crippen LogP contribution is -1.92. The molecule has 2 nitrogen and oxygen atoms in total. The van der Waals surface area contributed by atoms with E-state index in [9.17, 15) is 4.79 Å². The first-order valence-corrected chi connectivity index (χ1v) is 4.30. The van der Waals surface area contributed by atoms with Gasteiger partial charge in [0.2, 0.25) is 0 Å². The topological polar surface area (TPSA) is 22.0 Å².